The fourth-order valence-corrected chi connectivity index (χ4v) is 3.47. The minimum absolute atomic E-state index is 0.391. The second kappa shape index (κ2) is 9.58. The molecule has 0 aliphatic heterocycles. The van der Waals surface area contributed by atoms with E-state index in [0.717, 1.165) is 33.8 Å². The van der Waals surface area contributed by atoms with Crippen molar-refractivity contribution in [1.29, 1.82) is 0 Å². The normalized spacial score (nSPS) is 10.9. The van der Waals surface area contributed by atoms with Crippen molar-refractivity contribution in [3.63, 3.8) is 0 Å². The lowest BCUT2D eigenvalue weighted by Crippen LogP contribution is -1.91. The molecule has 2 aromatic heterocycles. The highest BCUT2D eigenvalue weighted by molar-refractivity contribution is 5.66. The van der Waals surface area contributed by atoms with E-state index >= 15 is 0 Å². The van der Waals surface area contributed by atoms with Crippen molar-refractivity contribution in [2.45, 2.75) is 13.8 Å². The molecule has 170 valence electrons. The van der Waals surface area contributed by atoms with Crippen LogP contribution in [0.25, 0.3) is 45.8 Å². The van der Waals surface area contributed by atoms with Gasteiger partial charge in [-0.05, 0) is 68.4 Å². The van der Waals surface area contributed by atoms with E-state index in [1.165, 1.54) is 0 Å². The van der Waals surface area contributed by atoms with Crippen LogP contribution >= 0.6 is 0 Å². The number of benzene rings is 3. The van der Waals surface area contributed by atoms with Crippen LogP contribution in [-0.4, -0.2) is 33.6 Å². The average molecular weight is 454 g/mol. The van der Waals surface area contributed by atoms with E-state index < -0.39 is 0 Å². The second-order valence-corrected chi connectivity index (χ2v) is 7.33. The van der Waals surface area contributed by atoms with Gasteiger partial charge in [0.15, 0.2) is 0 Å². The number of hydrogen-bond acceptors (Lipinski definition) is 8. The number of rotatable bonds is 8. The minimum atomic E-state index is 0.391. The Morgan fingerprint density at radius 1 is 0.529 bits per heavy atom. The number of nitrogens with zero attached hydrogens (tertiary/aromatic N) is 4. The molecule has 0 spiro atoms. The van der Waals surface area contributed by atoms with Crippen LogP contribution in [0, 0.1) is 0 Å². The smallest absolute Gasteiger partial charge is 0.248 e. The monoisotopic (exact) mass is 454 g/mol. The van der Waals surface area contributed by atoms with Crippen LogP contribution in [0.3, 0.4) is 0 Å². The van der Waals surface area contributed by atoms with Crippen molar-refractivity contribution >= 4 is 0 Å². The van der Waals surface area contributed by atoms with Crippen molar-refractivity contribution in [3.8, 4) is 57.3 Å². The van der Waals surface area contributed by atoms with E-state index in [9.17, 15) is 0 Å². The maximum atomic E-state index is 5.93. The molecule has 5 aromatic rings. The Labute approximate surface area is 196 Å². The van der Waals surface area contributed by atoms with Crippen LogP contribution in [-0.2, 0) is 0 Å². The third-order valence-electron chi connectivity index (χ3n) is 4.99. The van der Waals surface area contributed by atoms with Gasteiger partial charge in [-0.3, -0.25) is 0 Å². The topological polar surface area (TPSA) is 96.3 Å². The molecule has 0 atom stereocenters. The summed E-state index contributed by atoms with van der Waals surface area (Å²) in [5.41, 5.74) is 3.07. The van der Waals surface area contributed by atoms with Crippen molar-refractivity contribution in [2.75, 3.05) is 13.2 Å². The van der Waals surface area contributed by atoms with E-state index in [2.05, 4.69) is 20.4 Å². The Morgan fingerprint density at radius 3 is 1.26 bits per heavy atom. The third kappa shape index (κ3) is 4.52. The van der Waals surface area contributed by atoms with Gasteiger partial charge in [0.25, 0.3) is 0 Å². The highest BCUT2D eigenvalue weighted by atomic mass is 16.5. The largest absolute Gasteiger partial charge is 0.494 e. The Hall–Kier alpha value is -4.46. The first-order valence-corrected chi connectivity index (χ1v) is 11.0. The van der Waals surface area contributed by atoms with Crippen LogP contribution in [0.5, 0.6) is 11.5 Å². The van der Waals surface area contributed by atoms with Crippen molar-refractivity contribution in [3.05, 3.63) is 72.8 Å². The molecule has 0 radical (unpaired) electrons. The standard InChI is InChI=1S/C26H22N4O4/c1-3-31-21-12-6-10-19(15-21)25-29-27-23(33-25)17-8-5-9-18(14-17)24-28-30-26(34-24)20-11-7-13-22(16-20)32-4-2/h5-16H,3-4H2,1-2H3. The van der Waals surface area contributed by atoms with E-state index in [4.69, 9.17) is 18.3 Å². The van der Waals surface area contributed by atoms with Crippen LogP contribution in [0.4, 0.5) is 0 Å². The molecule has 0 saturated heterocycles. The van der Waals surface area contributed by atoms with Gasteiger partial charge < -0.3 is 18.3 Å². The SMILES string of the molecule is CCOc1cccc(-c2nnc(-c3cccc(-c4nnc(-c5cccc(OCC)c5)o4)c3)o2)c1. The van der Waals surface area contributed by atoms with Crippen molar-refractivity contribution in [1.82, 2.24) is 20.4 Å². The molecule has 0 saturated carbocycles. The zero-order valence-corrected chi connectivity index (χ0v) is 18.8. The van der Waals surface area contributed by atoms with Gasteiger partial charge >= 0.3 is 0 Å². The van der Waals surface area contributed by atoms with E-state index in [0.29, 0.717) is 36.8 Å². The van der Waals surface area contributed by atoms with Crippen LogP contribution in [0.15, 0.2) is 81.6 Å². The summed E-state index contributed by atoms with van der Waals surface area (Å²) in [6.45, 7) is 5.05. The van der Waals surface area contributed by atoms with Gasteiger partial charge in [0.05, 0.1) is 13.2 Å². The molecule has 0 aliphatic carbocycles. The number of hydrogen-bond donors (Lipinski definition) is 0. The van der Waals surface area contributed by atoms with Gasteiger partial charge in [0.1, 0.15) is 11.5 Å². The molecule has 0 bridgehead atoms. The van der Waals surface area contributed by atoms with Gasteiger partial charge in [-0.1, -0.05) is 18.2 Å². The van der Waals surface area contributed by atoms with Crippen molar-refractivity contribution in [2.24, 2.45) is 0 Å². The lowest BCUT2D eigenvalue weighted by molar-refractivity contribution is 0.340. The maximum absolute atomic E-state index is 5.93. The number of aromatic nitrogens is 4. The van der Waals surface area contributed by atoms with E-state index in [1.54, 1.807) is 0 Å². The molecule has 8 heteroatoms. The summed E-state index contributed by atoms with van der Waals surface area (Å²) >= 11 is 0. The first kappa shape index (κ1) is 21.4. The lowest BCUT2D eigenvalue weighted by Gasteiger charge is -2.03. The highest BCUT2D eigenvalue weighted by Gasteiger charge is 2.15. The zero-order chi connectivity index (χ0) is 23.3. The minimum Gasteiger partial charge on any atom is -0.494 e. The Kier molecular flexibility index (Phi) is 6.03. The second-order valence-electron chi connectivity index (χ2n) is 7.33. The van der Waals surface area contributed by atoms with Gasteiger partial charge in [0, 0.05) is 22.3 Å². The predicted octanol–water partition coefficient (Wildman–Crippen LogP) is 5.92. The molecular weight excluding hydrogens is 432 g/mol. The number of ether oxygens (including phenoxy) is 2. The summed E-state index contributed by atoms with van der Waals surface area (Å²) in [4.78, 5) is 0. The molecule has 8 nitrogen and oxygen atoms in total. The predicted molar refractivity (Wildman–Crippen MR) is 126 cm³/mol. The van der Waals surface area contributed by atoms with Crippen LogP contribution in [0.1, 0.15) is 13.8 Å². The van der Waals surface area contributed by atoms with Gasteiger partial charge in [-0.2, -0.15) is 0 Å². The summed E-state index contributed by atoms with van der Waals surface area (Å²) in [6.07, 6.45) is 0. The fraction of sp³-hybridized carbons (Fsp3) is 0.154. The van der Waals surface area contributed by atoms with Crippen LogP contribution in [0.2, 0.25) is 0 Å². The lowest BCUT2D eigenvalue weighted by atomic mass is 10.1. The molecule has 3 aromatic carbocycles. The first-order chi connectivity index (χ1) is 16.7. The van der Waals surface area contributed by atoms with Crippen LogP contribution < -0.4 is 9.47 Å². The molecule has 34 heavy (non-hydrogen) atoms. The first-order valence-electron chi connectivity index (χ1n) is 11.0. The van der Waals surface area contributed by atoms with Crippen molar-refractivity contribution < 1.29 is 18.3 Å². The molecule has 0 fully saturated rings. The quantitative estimate of drug-likeness (QED) is 0.285. The van der Waals surface area contributed by atoms with E-state index in [-0.39, 0.29) is 0 Å². The van der Waals surface area contributed by atoms with E-state index in [1.807, 2.05) is 86.6 Å². The van der Waals surface area contributed by atoms with Gasteiger partial charge in [0.2, 0.25) is 23.6 Å². The Bertz CT molecular complexity index is 1310. The molecular formula is C26H22N4O4. The summed E-state index contributed by atoms with van der Waals surface area (Å²) in [7, 11) is 0. The zero-order valence-electron chi connectivity index (χ0n) is 18.8. The summed E-state index contributed by atoms with van der Waals surface area (Å²) in [6, 6.07) is 22.6. The third-order valence-corrected chi connectivity index (χ3v) is 4.99. The Balaban J connectivity index is 1.40. The Morgan fingerprint density at radius 2 is 0.882 bits per heavy atom. The molecule has 0 N–H and O–H groups in total. The van der Waals surface area contributed by atoms with Gasteiger partial charge in [-0.25, -0.2) is 0 Å². The summed E-state index contributed by atoms with van der Waals surface area (Å²) < 4.78 is 23.0. The molecule has 0 unspecified atom stereocenters. The summed E-state index contributed by atoms with van der Waals surface area (Å²) in [5, 5.41) is 16.8. The highest BCUT2D eigenvalue weighted by Crippen LogP contribution is 2.30. The molecule has 2 heterocycles. The molecule has 5 rings (SSSR count). The fourth-order valence-electron chi connectivity index (χ4n) is 3.47. The van der Waals surface area contributed by atoms with Gasteiger partial charge in [-0.15, -0.1) is 20.4 Å². The average Bonchev–Trinajstić information content (AvgIpc) is 3.56. The maximum Gasteiger partial charge on any atom is 0.248 e. The molecule has 0 aliphatic rings. The molecule has 0 amide bonds. The summed E-state index contributed by atoms with van der Waals surface area (Å²) in [5.74, 6) is 3.11.